The minimum Gasteiger partial charge on any atom is -1.00 e. The average Bonchev–Trinajstić information content (AvgIpc) is 3.06. The summed E-state index contributed by atoms with van der Waals surface area (Å²) in [6, 6.07) is 22.6. The van der Waals surface area contributed by atoms with Crippen molar-refractivity contribution >= 4 is 21.5 Å². The van der Waals surface area contributed by atoms with Gasteiger partial charge in [-0.15, -0.1) is 80.2 Å². The monoisotopic (exact) mass is 532 g/mol. The third-order valence-corrected chi connectivity index (χ3v) is 5.30. The molecule has 1 aliphatic rings. The third-order valence-electron chi connectivity index (χ3n) is 5.30. The van der Waals surface area contributed by atoms with E-state index in [1.165, 1.54) is 47.2 Å². The van der Waals surface area contributed by atoms with Crippen molar-refractivity contribution in [2.75, 3.05) is 0 Å². The van der Waals surface area contributed by atoms with Crippen molar-refractivity contribution in [1.29, 1.82) is 0 Å². The van der Waals surface area contributed by atoms with Gasteiger partial charge in [-0.2, -0.15) is 12.1 Å². The van der Waals surface area contributed by atoms with Crippen molar-refractivity contribution in [3.63, 3.8) is 0 Å². The van der Waals surface area contributed by atoms with Crippen molar-refractivity contribution in [2.45, 2.75) is 25.7 Å². The van der Waals surface area contributed by atoms with Crippen LogP contribution in [-0.2, 0) is 51.5 Å². The Kier molecular flexibility index (Phi) is 6.70. The van der Waals surface area contributed by atoms with E-state index in [1.807, 2.05) is 0 Å². The van der Waals surface area contributed by atoms with Gasteiger partial charge in [-0.05, 0) is 12.8 Å². The number of halogens is 2. The molecule has 1 aliphatic carbocycles. The summed E-state index contributed by atoms with van der Waals surface area (Å²) in [5, 5.41) is 5.77. The normalized spacial score (nSPS) is 12.8. The summed E-state index contributed by atoms with van der Waals surface area (Å²) in [7, 11) is 0. The van der Waals surface area contributed by atoms with Gasteiger partial charge in [-0.25, -0.2) is 0 Å². The first-order valence-corrected chi connectivity index (χ1v) is 8.22. The Bertz CT molecular complexity index is 912. The maximum atomic E-state index is 2.42. The Balaban J connectivity index is 0.000000751. The molecule has 0 amide bonds. The van der Waals surface area contributed by atoms with Crippen LogP contribution in [0.25, 0.3) is 21.5 Å². The van der Waals surface area contributed by atoms with Crippen LogP contribution < -0.4 is 24.8 Å². The summed E-state index contributed by atoms with van der Waals surface area (Å²) in [6.07, 6.45) is 4.69. The van der Waals surface area contributed by atoms with E-state index in [1.54, 1.807) is 22.3 Å². The summed E-state index contributed by atoms with van der Waals surface area (Å²) in [4.78, 5) is 0. The molecular formula is C22H18Cl2Hf. The average molecular weight is 532 g/mol. The summed E-state index contributed by atoms with van der Waals surface area (Å²) in [5.74, 6) is 0. The fourth-order valence-corrected chi connectivity index (χ4v) is 4.25. The first-order chi connectivity index (χ1) is 10.9. The third kappa shape index (κ3) is 3.39. The maximum Gasteiger partial charge on any atom is 4.00 e. The molecule has 124 valence electrons. The van der Waals surface area contributed by atoms with Gasteiger partial charge < -0.3 is 24.8 Å². The SMILES string of the molecule is [Cl-].[Cl-].[Hf+4].c1ccc2c(c1)cc1[c-]2CCc2cc3ccccc3[c-]2CC1. The Hall–Kier alpha value is -0.890. The molecule has 25 heavy (non-hydrogen) atoms. The molecule has 0 saturated heterocycles. The minimum absolute atomic E-state index is 0. The molecule has 0 aliphatic heterocycles. The number of aryl methyl sites for hydroxylation is 4. The zero-order valence-electron chi connectivity index (χ0n) is 13.9. The van der Waals surface area contributed by atoms with Crippen LogP contribution in [0.3, 0.4) is 0 Å². The fourth-order valence-electron chi connectivity index (χ4n) is 4.25. The van der Waals surface area contributed by atoms with Gasteiger partial charge in [0, 0.05) is 0 Å². The van der Waals surface area contributed by atoms with Gasteiger partial charge in [-0.1, -0.05) is 25.0 Å². The van der Waals surface area contributed by atoms with E-state index in [2.05, 4.69) is 60.7 Å². The van der Waals surface area contributed by atoms with Crippen molar-refractivity contribution < 1.29 is 50.7 Å². The number of hydrogen-bond donors (Lipinski definition) is 0. The molecule has 0 bridgehead atoms. The molecule has 0 fully saturated rings. The Morgan fingerprint density at radius 1 is 0.600 bits per heavy atom. The number of fused-ring (bicyclic) bond motifs is 6. The molecule has 0 nitrogen and oxygen atoms in total. The van der Waals surface area contributed by atoms with Gasteiger partial charge in [0.25, 0.3) is 0 Å². The molecule has 3 heteroatoms. The van der Waals surface area contributed by atoms with Crippen molar-refractivity contribution in [3.8, 4) is 0 Å². The Morgan fingerprint density at radius 3 is 1.44 bits per heavy atom. The van der Waals surface area contributed by atoms with Crippen LogP contribution in [-0.4, -0.2) is 0 Å². The topological polar surface area (TPSA) is 0 Å². The Morgan fingerprint density at radius 2 is 1.00 bits per heavy atom. The Labute approximate surface area is 179 Å². The van der Waals surface area contributed by atoms with E-state index in [0.29, 0.717) is 0 Å². The van der Waals surface area contributed by atoms with Gasteiger partial charge in [0.2, 0.25) is 0 Å². The van der Waals surface area contributed by atoms with Gasteiger partial charge in [0.05, 0.1) is 0 Å². The number of hydrogen-bond acceptors (Lipinski definition) is 0. The zero-order chi connectivity index (χ0) is 14.5. The van der Waals surface area contributed by atoms with Crippen molar-refractivity contribution in [3.05, 3.63) is 82.9 Å². The molecule has 0 saturated carbocycles. The molecule has 5 rings (SSSR count). The summed E-state index contributed by atoms with van der Waals surface area (Å²) >= 11 is 0. The van der Waals surface area contributed by atoms with Gasteiger partial charge in [0.15, 0.2) is 0 Å². The van der Waals surface area contributed by atoms with E-state index in [0.717, 1.165) is 0 Å². The predicted molar refractivity (Wildman–Crippen MR) is 93.9 cm³/mol. The second-order valence-electron chi connectivity index (χ2n) is 6.47. The predicted octanol–water partition coefficient (Wildman–Crippen LogP) is -0.680. The molecular weight excluding hydrogens is 514 g/mol. The first-order valence-electron chi connectivity index (χ1n) is 8.22. The molecule has 0 aromatic heterocycles. The summed E-state index contributed by atoms with van der Waals surface area (Å²) in [6.45, 7) is 0. The number of benzene rings is 2. The van der Waals surface area contributed by atoms with Crippen molar-refractivity contribution in [2.24, 2.45) is 0 Å². The summed E-state index contributed by atoms with van der Waals surface area (Å²) in [5.41, 5.74) is 6.31. The first kappa shape index (κ1) is 20.4. The fraction of sp³-hybridized carbons (Fsp3) is 0.182. The maximum absolute atomic E-state index is 2.42. The van der Waals surface area contributed by atoms with E-state index in [4.69, 9.17) is 0 Å². The molecule has 0 spiro atoms. The molecule has 0 unspecified atom stereocenters. The van der Waals surface area contributed by atoms with Crippen LogP contribution in [0.2, 0.25) is 0 Å². The van der Waals surface area contributed by atoms with Crippen LogP contribution in [0.5, 0.6) is 0 Å². The van der Waals surface area contributed by atoms with Gasteiger partial charge >= 0.3 is 25.8 Å². The van der Waals surface area contributed by atoms with Crippen LogP contribution >= 0.6 is 0 Å². The van der Waals surface area contributed by atoms with Crippen LogP contribution in [0.15, 0.2) is 60.7 Å². The minimum atomic E-state index is 0. The van der Waals surface area contributed by atoms with Crippen LogP contribution in [0.4, 0.5) is 0 Å². The second-order valence-corrected chi connectivity index (χ2v) is 6.47. The molecule has 0 atom stereocenters. The van der Waals surface area contributed by atoms with Crippen LogP contribution in [0.1, 0.15) is 22.3 Å². The quantitative estimate of drug-likeness (QED) is 0.209. The van der Waals surface area contributed by atoms with Gasteiger partial charge in [-0.3, -0.25) is 0 Å². The molecule has 4 aromatic rings. The van der Waals surface area contributed by atoms with E-state index >= 15 is 0 Å². The van der Waals surface area contributed by atoms with E-state index < -0.39 is 0 Å². The second kappa shape index (κ2) is 8.20. The van der Waals surface area contributed by atoms with Crippen molar-refractivity contribution in [1.82, 2.24) is 0 Å². The van der Waals surface area contributed by atoms with E-state index in [9.17, 15) is 0 Å². The number of rotatable bonds is 0. The largest absolute Gasteiger partial charge is 4.00 e. The van der Waals surface area contributed by atoms with Gasteiger partial charge in [0.1, 0.15) is 0 Å². The smallest absolute Gasteiger partial charge is 1.00 e. The molecule has 4 aromatic carbocycles. The molecule has 0 heterocycles. The van der Waals surface area contributed by atoms with E-state index in [-0.39, 0.29) is 50.7 Å². The molecule has 0 radical (unpaired) electrons. The standard InChI is InChI=1S/C22H18.2ClH.Hf/c1-3-7-19-15(5-1)13-17-9-12-22-18(10-11-21(17)19)14-16-6-2-4-8-20(16)22;;;/h1-8,13-14H,9-12H2;2*1H;/q-2;;;+4/p-2. The van der Waals surface area contributed by atoms with Crippen LogP contribution in [0, 0.1) is 0 Å². The molecule has 0 N–H and O–H groups in total. The zero-order valence-corrected chi connectivity index (χ0v) is 19.0. The summed E-state index contributed by atoms with van der Waals surface area (Å²) < 4.78 is 0.